The molecule has 5 aromatic rings. The van der Waals surface area contributed by atoms with Crippen LogP contribution in [0.2, 0.25) is 0 Å². The highest BCUT2D eigenvalue weighted by Crippen LogP contribution is 2.25. The van der Waals surface area contributed by atoms with E-state index in [0.717, 1.165) is 58.4 Å². The van der Waals surface area contributed by atoms with Gasteiger partial charge in [-0.15, -0.1) is 11.3 Å². The summed E-state index contributed by atoms with van der Waals surface area (Å²) < 4.78 is 11.8. The van der Waals surface area contributed by atoms with Crippen LogP contribution in [0.4, 0.5) is 0 Å². The van der Waals surface area contributed by atoms with E-state index in [2.05, 4.69) is 135 Å². The topological polar surface area (TPSA) is 18.5 Å². The van der Waals surface area contributed by atoms with Crippen molar-refractivity contribution >= 4 is 11.3 Å². The van der Waals surface area contributed by atoms with E-state index in [9.17, 15) is 0 Å². The molecule has 5 rings (SSSR count). The Kier molecular flexibility index (Phi) is 13.2. The average molecular weight is 637 g/mol. The van der Waals surface area contributed by atoms with E-state index >= 15 is 0 Å². The Morgan fingerprint density at radius 2 is 0.766 bits per heavy atom. The van der Waals surface area contributed by atoms with Gasteiger partial charge in [-0.1, -0.05) is 125 Å². The number of benzene rings is 4. The first kappa shape index (κ1) is 33.7. The summed E-state index contributed by atoms with van der Waals surface area (Å²) in [5.74, 6) is 15.1. The Hall–Kier alpha value is -4.70. The van der Waals surface area contributed by atoms with E-state index in [4.69, 9.17) is 9.47 Å². The van der Waals surface area contributed by atoms with Crippen molar-refractivity contribution in [2.24, 2.45) is 0 Å². The van der Waals surface area contributed by atoms with Crippen LogP contribution in [0.3, 0.4) is 0 Å². The zero-order valence-corrected chi connectivity index (χ0v) is 28.5. The van der Waals surface area contributed by atoms with Crippen molar-refractivity contribution in [3.05, 3.63) is 130 Å². The van der Waals surface area contributed by atoms with Gasteiger partial charge < -0.3 is 9.47 Å². The molecule has 4 aromatic carbocycles. The summed E-state index contributed by atoms with van der Waals surface area (Å²) >= 11 is 1.62. The zero-order valence-electron chi connectivity index (χ0n) is 27.7. The first-order valence-electron chi connectivity index (χ1n) is 17.0. The summed E-state index contributed by atoms with van der Waals surface area (Å²) in [5.41, 5.74) is 6.67. The van der Waals surface area contributed by atoms with Crippen molar-refractivity contribution in [2.75, 3.05) is 13.2 Å². The SMILES string of the molecule is CCCCCCOc1ccc(-c2ccc(C#Cc3ccc(C#Cc4ccc(-c5ccc(OCCCCCC)cc5)cc4)s3)cc2)cc1. The van der Waals surface area contributed by atoms with Gasteiger partial charge in [-0.2, -0.15) is 0 Å². The predicted molar refractivity (Wildman–Crippen MR) is 199 cm³/mol. The van der Waals surface area contributed by atoms with E-state index in [1.807, 2.05) is 12.1 Å². The van der Waals surface area contributed by atoms with E-state index < -0.39 is 0 Å². The second-order valence-corrected chi connectivity index (χ2v) is 12.8. The fourth-order valence-electron chi connectivity index (χ4n) is 5.16. The van der Waals surface area contributed by atoms with E-state index in [1.165, 1.54) is 60.8 Å². The molecule has 0 atom stereocenters. The smallest absolute Gasteiger partial charge is 0.119 e. The molecule has 0 saturated heterocycles. The molecule has 47 heavy (non-hydrogen) atoms. The molecule has 0 fully saturated rings. The molecule has 1 aromatic heterocycles. The van der Waals surface area contributed by atoms with Gasteiger partial charge in [0.05, 0.1) is 23.0 Å². The lowest BCUT2D eigenvalue weighted by molar-refractivity contribution is 0.305. The molecule has 0 aliphatic rings. The first-order chi connectivity index (χ1) is 23.2. The molecular weight excluding hydrogens is 593 g/mol. The third-order valence-corrected chi connectivity index (χ3v) is 8.86. The van der Waals surface area contributed by atoms with Crippen LogP contribution in [0, 0.1) is 23.7 Å². The summed E-state index contributed by atoms with van der Waals surface area (Å²) in [6, 6.07) is 37.6. The highest BCUT2D eigenvalue weighted by Gasteiger charge is 2.02. The maximum absolute atomic E-state index is 5.88. The Balaban J connectivity index is 1.11. The van der Waals surface area contributed by atoms with Crippen LogP contribution >= 0.6 is 11.3 Å². The van der Waals surface area contributed by atoms with Crippen molar-refractivity contribution in [3.63, 3.8) is 0 Å². The number of unbranched alkanes of at least 4 members (excludes halogenated alkanes) is 6. The summed E-state index contributed by atoms with van der Waals surface area (Å²) in [5, 5.41) is 0. The van der Waals surface area contributed by atoms with Gasteiger partial charge in [-0.3, -0.25) is 0 Å². The van der Waals surface area contributed by atoms with Crippen LogP contribution in [0.15, 0.2) is 109 Å². The van der Waals surface area contributed by atoms with Crippen molar-refractivity contribution in [2.45, 2.75) is 65.2 Å². The molecular formula is C44H44O2S. The van der Waals surface area contributed by atoms with Crippen LogP contribution in [0.1, 0.15) is 86.1 Å². The Bertz CT molecular complexity index is 1640. The maximum Gasteiger partial charge on any atom is 0.119 e. The lowest BCUT2D eigenvalue weighted by Gasteiger charge is -2.07. The first-order valence-corrected chi connectivity index (χ1v) is 17.8. The van der Waals surface area contributed by atoms with Gasteiger partial charge >= 0.3 is 0 Å². The van der Waals surface area contributed by atoms with Gasteiger partial charge in [0, 0.05) is 11.1 Å². The molecule has 1 heterocycles. The molecule has 0 aliphatic heterocycles. The molecule has 0 saturated carbocycles. The standard InChI is InChI=1S/C44H44O2S/c1-3-5-7-9-33-45-41-25-21-39(22-26-41)37-17-11-35(12-18-37)15-29-43-31-32-44(47-43)30-16-36-13-19-38(20-14-36)40-23-27-42(28-24-40)46-34-10-8-6-4-2/h11-14,17-28,31-32H,3-10,33-34H2,1-2H3. The quantitative estimate of drug-likeness (QED) is 0.0892. The second kappa shape index (κ2) is 18.4. The molecule has 238 valence electrons. The molecule has 0 spiro atoms. The zero-order chi connectivity index (χ0) is 32.5. The third kappa shape index (κ3) is 11.0. The highest BCUT2D eigenvalue weighted by molar-refractivity contribution is 7.13. The molecule has 0 N–H and O–H groups in total. The lowest BCUT2D eigenvalue weighted by atomic mass is 10.0. The fraction of sp³-hybridized carbons (Fsp3) is 0.273. The second-order valence-electron chi connectivity index (χ2n) is 11.7. The van der Waals surface area contributed by atoms with Gasteiger partial charge in [0.2, 0.25) is 0 Å². The van der Waals surface area contributed by atoms with Crippen LogP contribution in [-0.4, -0.2) is 13.2 Å². The van der Waals surface area contributed by atoms with Crippen LogP contribution in [0.25, 0.3) is 22.3 Å². The van der Waals surface area contributed by atoms with Crippen LogP contribution < -0.4 is 9.47 Å². The summed E-state index contributed by atoms with van der Waals surface area (Å²) in [6.07, 6.45) is 9.71. The summed E-state index contributed by atoms with van der Waals surface area (Å²) in [4.78, 5) is 2.01. The summed E-state index contributed by atoms with van der Waals surface area (Å²) in [6.45, 7) is 6.02. The summed E-state index contributed by atoms with van der Waals surface area (Å²) in [7, 11) is 0. The van der Waals surface area contributed by atoms with Crippen molar-refractivity contribution in [1.82, 2.24) is 0 Å². The number of ether oxygens (including phenoxy) is 2. The number of hydrogen-bond acceptors (Lipinski definition) is 3. The fourth-order valence-corrected chi connectivity index (χ4v) is 5.87. The van der Waals surface area contributed by atoms with Gasteiger partial charge in [-0.05, 0) is 95.8 Å². The van der Waals surface area contributed by atoms with Gasteiger partial charge in [0.15, 0.2) is 0 Å². The minimum atomic E-state index is 0.783. The van der Waals surface area contributed by atoms with E-state index in [-0.39, 0.29) is 0 Å². The van der Waals surface area contributed by atoms with Crippen LogP contribution in [0.5, 0.6) is 11.5 Å². The van der Waals surface area contributed by atoms with E-state index in [0.29, 0.717) is 0 Å². The van der Waals surface area contributed by atoms with Crippen LogP contribution in [-0.2, 0) is 0 Å². The predicted octanol–water partition coefficient (Wildman–Crippen LogP) is 11.8. The lowest BCUT2D eigenvalue weighted by Crippen LogP contribution is -1.96. The number of thiophene rings is 1. The van der Waals surface area contributed by atoms with E-state index in [1.54, 1.807) is 11.3 Å². The monoisotopic (exact) mass is 636 g/mol. The number of rotatable bonds is 14. The maximum atomic E-state index is 5.88. The molecule has 0 unspecified atom stereocenters. The molecule has 0 aliphatic carbocycles. The normalized spacial score (nSPS) is 10.4. The minimum absolute atomic E-state index is 0.783. The van der Waals surface area contributed by atoms with Crippen molar-refractivity contribution in [3.8, 4) is 57.4 Å². The Morgan fingerprint density at radius 1 is 0.404 bits per heavy atom. The minimum Gasteiger partial charge on any atom is -0.494 e. The van der Waals surface area contributed by atoms with Gasteiger partial charge in [-0.25, -0.2) is 0 Å². The van der Waals surface area contributed by atoms with Gasteiger partial charge in [0.25, 0.3) is 0 Å². The molecule has 2 nitrogen and oxygen atoms in total. The molecule has 0 amide bonds. The number of hydrogen-bond donors (Lipinski definition) is 0. The average Bonchev–Trinajstić information content (AvgIpc) is 3.58. The largest absolute Gasteiger partial charge is 0.494 e. The molecule has 0 bridgehead atoms. The van der Waals surface area contributed by atoms with Crippen molar-refractivity contribution < 1.29 is 9.47 Å². The Morgan fingerprint density at radius 3 is 1.13 bits per heavy atom. The molecule has 3 heteroatoms. The third-order valence-electron chi connectivity index (χ3n) is 7.94. The van der Waals surface area contributed by atoms with Crippen molar-refractivity contribution in [1.29, 1.82) is 0 Å². The van der Waals surface area contributed by atoms with Gasteiger partial charge in [0.1, 0.15) is 11.5 Å². The molecule has 0 radical (unpaired) electrons. The highest BCUT2D eigenvalue weighted by atomic mass is 32.1. The Labute approximate surface area is 285 Å².